The highest BCUT2D eigenvalue weighted by Crippen LogP contribution is 2.39. The zero-order valence-electron chi connectivity index (χ0n) is 11.2. The minimum absolute atomic E-state index is 0.200. The Bertz CT molecular complexity index is 573. The topological polar surface area (TPSA) is 56.8 Å². The molecule has 7 heteroatoms. The minimum Gasteiger partial charge on any atom is -0.493 e. The maximum atomic E-state index is 11.6. The molecule has 0 spiro atoms. The van der Waals surface area contributed by atoms with Gasteiger partial charge in [-0.2, -0.15) is 0 Å². The molecule has 20 heavy (non-hydrogen) atoms. The first-order chi connectivity index (χ1) is 9.58. The number of carbonyl (C=O) groups is 1. The molecule has 5 nitrogen and oxygen atoms in total. The van der Waals surface area contributed by atoms with E-state index in [4.69, 9.17) is 26.4 Å². The number of amides is 1. The second kappa shape index (κ2) is 6.15. The molecular formula is C13H13NO4S2. The van der Waals surface area contributed by atoms with Crippen LogP contribution in [0.2, 0.25) is 0 Å². The van der Waals surface area contributed by atoms with Crippen LogP contribution in [-0.2, 0) is 4.79 Å². The first-order valence-electron chi connectivity index (χ1n) is 5.64. The highest BCUT2D eigenvalue weighted by Gasteiger charge is 2.22. The second-order valence-electron chi connectivity index (χ2n) is 3.81. The van der Waals surface area contributed by atoms with E-state index in [1.54, 1.807) is 32.4 Å². The molecule has 1 N–H and O–H groups in total. The van der Waals surface area contributed by atoms with E-state index in [0.717, 1.165) is 5.56 Å². The van der Waals surface area contributed by atoms with Crippen LogP contribution in [-0.4, -0.2) is 31.6 Å². The fraction of sp³-hybridized carbons (Fsp3) is 0.231. The molecule has 0 aromatic heterocycles. The summed E-state index contributed by atoms with van der Waals surface area (Å²) < 4.78 is 16.2. The van der Waals surface area contributed by atoms with Crippen LogP contribution >= 0.6 is 24.0 Å². The van der Waals surface area contributed by atoms with Crippen molar-refractivity contribution in [2.24, 2.45) is 0 Å². The summed E-state index contributed by atoms with van der Waals surface area (Å²) in [5.74, 6) is 1.37. The molecule has 2 rings (SSSR count). The molecule has 0 bridgehead atoms. The van der Waals surface area contributed by atoms with E-state index in [9.17, 15) is 4.79 Å². The molecule has 106 valence electrons. The Hall–Kier alpha value is -1.73. The zero-order valence-corrected chi connectivity index (χ0v) is 12.8. The predicted molar refractivity (Wildman–Crippen MR) is 82.4 cm³/mol. The van der Waals surface area contributed by atoms with Crippen LogP contribution in [0, 0.1) is 0 Å². The maximum absolute atomic E-state index is 11.6. The van der Waals surface area contributed by atoms with Crippen molar-refractivity contribution in [3.05, 3.63) is 22.6 Å². The summed E-state index contributed by atoms with van der Waals surface area (Å²) in [5.41, 5.74) is 0.766. The number of nitrogens with one attached hydrogen (secondary N) is 1. The number of benzene rings is 1. The minimum atomic E-state index is -0.200. The summed E-state index contributed by atoms with van der Waals surface area (Å²) in [6, 6.07) is 3.53. The Morgan fingerprint density at radius 3 is 2.15 bits per heavy atom. The van der Waals surface area contributed by atoms with Gasteiger partial charge in [0.25, 0.3) is 5.91 Å². The molecule has 0 unspecified atom stereocenters. The van der Waals surface area contributed by atoms with Gasteiger partial charge in [-0.25, -0.2) is 0 Å². The van der Waals surface area contributed by atoms with Crippen LogP contribution < -0.4 is 19.5 Å². The van der Waals surface area contributed by atoms with E-state index in [0.29, 0.717) is 26.5 Å². The predicted octanol–water partition coefficient (Wildman–Crippen LogP) is 2.20. The quantitative estimate of drug-likeness (QED) is 0.679. The van der Waals surface area contributed by atoms with Gasteiger partial charge in [0.15, 0.2) is 11.5 Å². The molecule has 1 aromatic rings. The average Bonchev–Trinajstić information content (AvgIpc) is 2.75. The van der Waals surface area contributed by atoms with Crippen LogP contribution in [0.3, 0.4) is 0 Å². The Morgan fingerprint density at radius 2 is 1.75 bits per heavy atom. The van der Waals surface area contributed by atoms with Gasteiger partial charge in [0, 0.05) is 0 Å². The summed E-state index contributed by atoms with van der Waals surface area (Å²) in [5, 5.41) is 2.57. The van der Waals surface area contributed by atoms with E-state index in [-0.39, 0.29) is 5.91 Å². The van der Waals surface area contributed by atoms with Crippen molar-refractivity contribution in [1.82, 2.24) is 5.32 Å². The number of thioether (sulfide) groups is 1. The van der Waals surface area contributed by atoms with Gasteiger partial charge in [0.2, 0.25) is 5.75 Å². The summed E-state index contributed by atoms with van der Waals surface area (Å²) in [4.78, 5) is 12.2. The van der Waals surface area contributed by atoms with Crippen molar-refractivity contribution >= 4 is 40.3 Å². The number of thiocarbonyl (C=S) groups is 1. The van der Waals surface area contributed by atoms with Crippen LogP contribution in [0.15, 0.2) is 17.0 Å². The SMILES string of the molecule is COc1cc(/C=C2/SC(=S)NC2=O)cc(OC)c1OC. The van der Waals surface area contributed by atoms with Gasteiger partial charge in [-0.3, -0.25) is 4.79 Å². The molecule has 1 saturated heterocycles. The van der Waals surface area contributed by atoms with Crippen LogP contribution in [0.5, 0.6) is 17.2 Å². The normalized spacial score (nSPS) is 16.2. The van der Waals surface area contributed by atoms with E-state index >= 15 is 0 Å². The van der Waals surface area contributed by atoms with Crippen molar-refractivity contribution in [2.45, 2.75) is 0 Å². The smallest absolute Gasteiger partial charge is 0.263 e. The van der Waals surface area contributed by atoms with Crippen molar-refractivity contribution in [2.75, 3.05) is 21.3 Å². The molecular weight excluding hydrogens is 298 g/mol. The summed E-state index contributed by atoms with van der Waals surface area (Å²) in [6.07, 6.45) is 1.73. The molecule has 1 aromatic carbocycles. The molecule has 1 aliphatic heterocycles. The fourth-order valence-corrected chi connectivity index (χ4v) is 2.80. The average molecular weight is 311 g/mol. The van der Waals surface area contributed by atoms with Gasteiger partial charge in [-0.05, 0) is 23.8 Å². The number of hydrogen-bond acceptors (Lipinski definition) is 6. The Balaban J connectivity index is 2.45. The number of ether oxygens (including phenoxy) is 3. The molecule has 0 radical (unpaired) electrons. The lowest BCUT2D eigenvalue weighted by atomic mass is 10.1. The third-order valence-electron chi connectivity index (χ3n) is 2.63. The summed E-state index contributed by atoms with van der Waals surface area (Å²) >= 11 is 6.17. The Kier molecular flexibility index (Phi) is 4.51. The van der Waals surface area contributed by atoms with Crippen molar-refractivity contribution in [3.63, 3.8) is 0 Å². The van der Waals surface area contributed by atoms with Crippen molar-refractivity contribution in [3.8, 4) is 17.2 Å². The lowest BCUT2D eigenvalue weighted by Gasteiger charge is -2.12. The van der Waals surface area contributed by atoms with E-state index in [1.807, 2.05) is 0 Å². The third-order valence-corrected chi connectivity index (χ3v) is 3.79. The van der Waals surface area contributed by atoms with Crippen molar-refractivity contribution in [1.29, 1.82) is 0 Å². The van der Waals surface area contributed by atoms with E-state index in [2.05, 4.69) is 5.32 Å². The Morgan fingerprint density at radius 1 is 1.15 bits per heavy atom. The molecule has 0 aliphatic carbocycles. The highest BCUT2D eigenvalue weighted by atomic mass is 32.2. The van der Waals surface area contributed by atoms with Gasteiger partial charge in [-0.15, -0.1) is 0 Å². The van der Waals surface area contributed by atoms with E-state index in [1.165, 1.54) is 18.9 Å². The molecule has 1 fully saturated rings. The number of carbonyl (C=O) groups excluding carboxylic acids is 1. The number of rotatable bonds is 4. The molecule has 0 saturated carbocycles. The van der Waals surface area contributed by atoms with Gasteiger partial charge in [0.1, 0.15) is 4.32 Å². The van der Waals surface area contributed by atoms with Crippen LogP contribution in [0.1, 0.15) is 5.56 Å². The number of methoxy groups -OCH3 is 3. The van der Waals surface area contributed by atoms with Crippen LogP contribution in [0.4, 0.5) is 0 Å². The lowest BCUT2D eigenvalue weighted by molar-refractivity contribution is -0.115. The fourth-order valence-electron chi connectivity index (χ4n) is 1.76. The number of hydrogen-bond donors (Lipinski definition) is 1. The summed E-state index contributed by atoms with van der Waals surface area (Å²) in [6.45, 7) is 0. The van der Waals surface area contributed by atoms with Gasteiger partial charge >= 0.3 is 0 Å². The molecule has 1 aliphatic rings. The maximum Gasteiger partial charge on any atom is 0.263 e. The Labute approximate surface area is 126 Å². The van der Waals surface area contributed by atoms with Crippen LogP contribution in [0.25, 0.3) is 6.08 Å². The highest BCUT2D eigenvalue weighted by molar-refractivity contribution is 8.26. The first kappa shape index (κ1) is 14.7. The lowest BCUT2D eigenvalue weighted by Crippen LogP contribution is -2.17. The standard InChI is InChI=1S/C13H13NO4S2/c1-16-8-4-7(5-9(17-2)11(8)18-3)6-10-12(15)14-13(19)20-10/h4-6H,1-3H3,(H,14,15,19)/b10-6+. The third kappa shape index (κ3) is 2.88. The first-order valence-corrected chi connectivity index (χ1v) is 6.86. The van der Waals surface area contributed by atoms with Gasteiger partial charge in [0.05, 0.1) is 26.2 Å². The largest absolute Gasteiger partial charge is 0.493 e. The monoisotopic (exact) mass is 311 g/mol. The van der Waals surface area contributed by atoms with E-state index < -0.39 is 0 Å². The van der Waals surface area contributed by atoms with Gasteiger partial charge < -0.3 is 19.5 Å². The molecule has 1 heterocycles. The van der Waals surface area contributed by atoms with Crippen molar-refractivity contribution < 1.29 is 19.0 Å². The molecule has 1 amide bonds. The van der Waals surface area contributed by atoms with Gasteiger partial charge in [-0.1, -0.05) is 24.0 Å². The summed E-state index contributed by atoms with van der Waals surface area (Å²) in [7, 11) is 4.62. The second-order valence-corrected chi connectivity index (χ2v) is 5.53. The molecule has 0 atom stereocenters. The zero-order chi connectivity index (χ0) is 14.7.